The lowest BCUT2D eigenvalue weighted by Crippen LogP contribution is -2.39. The first-order chi connectivity index (χ1) is 11.5. The van der Waals surface area contributed by atoms with Gasteiger partial charge in [0.2, 0.25) is 0 Å². The van der Waals surface area contributed by atoms with Crippen molar-refractivity contribution in [1.82, 2.24) is 10.6 Å². The molecule has 0 saturated heterocycles. The first kappa shape index (κ1) is 17.5. The zero-order valence-electron chi connectivity index (χ0n) is 14.1. The maximum absolute atomic E-state index is 12.4. The number of carbonyl (C=O) groups is 2. The Labute approximate surface area is 141 Å². The van der Waals surface area contributed by atoms with Crippen LogP contribution in [0.4, 0.5) is 0 Å². The zero-order chi connectivity index (χ0) is 17.5. The van der Waals surface area contributed by atoms with Crippen molar-refractivity contribution in [1.29, 1.82) is 0 Å². The van der Waals surface area contributed by atoms with E-state index < -0.39 is 0 Å². The van der Waals surface area contributed by atoms with Crippen molar-refractivity contribution in [3.63, 3.8) is 0 Å². The van der Waals surface area contributed by atoms with E-state index in [2.05, 4.69) is 10.6 Å². The molecule has 1 aromatic carbocycles. The van der Waals surface area contributed by atoms with E-state index in [1.54, 1.807) is 30.3 Å². The molecule has 1 aromatic heterocycles. The molecular formula is C19H22N2O3. The molecule has 126 valence electrons. The van der Waals surface area contributed by atoms with Crippen LogP contribution in [0.3, 0.4) is 0 Å². The molecule has 0 aliphatic heterocycles. The van der Waals surface area contributed by atoms with Crippen LogP contribution in [0.2, 0.25) is 0 Å². The molecule has 2 rings (SSSR count). The summed E-state index contributed by atoms with van der Waals surface area (Å²) in [7, 11) is 0. The summed E-state index contributed by atoms with van der Waals surface area (Å²) < 4.78 is 5.24. The Kier molecular flexibility index (Phi) is 5.95. The van der Waals surface area contributed by atoms with Crippen molar-refractivity contribution in [3.05, 3.63) is 65.2 Å². The highest BCUT2D eigenvalue weighted by atomic mass is 16.3. The molecule has 5 nitrogen and oxygen atoms in total. The van der Waals surface area contributed by atoms with Crippen LogP contribution in [-0.2, 0) is 4.79 Å². The van der Waals surface area contributed by atoms with Gasteiger partial charge in [-0.05, 0) is 44.5 Å². The van der Waals surface area contributed by atoms with E-state index in [0.29, 0.717) is 11.3 Å². The summed E-state index contributed by atoms with van der Waals surface area (Å²) in [6.45, 7) is 5.79. The van der Waals surface area contributed by atoms with Gasteiger partial charge in [0.15, 0.2) is 0 Å². The van der Waals surface area contributed by atoms with Gasteiger partial charge in [0.1, 0.15) is 11.5 Å². The Morgan fingerprint density at radius 3 is 2.67 bits per heavy atom. The third-order valence-corrected chi connectivity index (χ3v) is 3.59. The summed E-state index contributed by atoms with van der Waals surface area (Å²) in [5.74, 6) is -0.189. The molecule has 5 heteroatoms. The minimum absolute atomic E-state index is 0.00775. The number of carbonyl (C=O) groups excluding carboxylic acids is 2. The fourth-order valence-corrected chi connectivity index (χ4v) is 2.06. The summed E-state index contributed by atoms with van der Waals surface area (Å²) in [6, 6.07) is 10.6. The van der Waals surface area contributed by atoms with Crippen LogP contribution < -0.4 is 10.6 Å². The van der Waals surface area contributed by atoms with Crippen molar-refractivity contribution >= 4 is 17.9 Å². The quantitative estimate of drug-likeness (QED) is 0.800. The van der Waals surface area contributed by atoms with E-state index in [1.165, 1.54) is 12.3 Å². The number of aryl methyl sites for hydroxylation is 1. The second-order valence-electron chi connectivity index (χ2n) is 5.68. The number of furan rings is 1. The molecule has 2 amide bonds. The van der Waals surface area contributed by atoms with Gasteiger partial charge < -0.3 is 15.1 Å². The number of rotatable bonds is 6. The maximum Gasteiger partial charge on any atom is 0.268 e. The molecule has 0 aliphatic rings. The average molecular weight is 326 g/mol. The van der Waals surface area contributed by atoms with Gasteiger partial charge in [-0.2, -0.15) is 0 Å². The average Bonchev–Trinajstić information content (AvgIpc) is 3.07. The second-order valence-corrected chi connectivity index (χ2v) is 5.68. The lowest BCUT2D eigenvalue weighted by molar-refractivity contribution is -0.118. The lowest BCUT2D eigenvalue weighted by atomic mass is 10.1. The molecule has 0 bridgehead atoms. The first-order valence-corrected chi connectivity index (χ1v) is 7.93. The summed E-state index contributed by atoms with van der Waals surface area (Å²) >= 11 is 0. The Bertz CT molecular complexity index is 733. The van der Waals surface area contributed by atoms with Crippen molar-refractivity contribution in [2.24, 2.45) is 0 Å². The first-order valence-electron chi connectivity index (χ1n) is 7.93. The molecule has 2 aromatic rings. The lowest BCUT2D eigenvalue weighted by Gasteiger charge is -2.14. The normalized spacial score (nSPS) is 12.5. The number of nitrogens with one attached hydrogen (secondary N) is 2. The minimum atomic E-state index is -0.346. The molecule has 0 saturated carbocycles. The van der Waals surface area contributed by atoms with Crippen molar-refractivity contribution < 1.29 is 14.0 Å². The predicted octanol–water partition coefficient (Wildman–Crippen LogP) is 3.27. The zero-order valence-corrected chi connectivity index (χ0v) is 14.1. The van der Waals surface area contributed by atoms with Gasteiger partial charge in [-0.15, -0.1) is 0 Å². The van der Waals surface area contributed by atoms with Crippen molar-refractivity contribution in [2.45, 2.75) is 33.2 Å². The van der Waals surface area contributed by atoms with Crippen molar-refractivity contribution in [3.8, 4) is 0 Å². The maximum atomic E-state index is 12.4. The molecule has 2 N–H and O–H groups in total. The number of hydrogen-bond acceptors (Lipinski definition) is 3. The van der Waals surface area contributed by atoms with Gasteiger partial charge >= 0.3 is 0 Å². The van der Waals surface area contributed by atoms with Gasteiger partial charge in [0.25, 0.3) is 11.8 Å². The topological polar surface area (TPSA) is 71.3 Å². The Morgan fingerprint density at radius 2 is 2.04 bits per heavy atom. The van der Waals surface area contributed by atoms with Gasteiger partial charge in [-0.3, -0.25) is 9.59 Å². The molecule has 1 unspecified atom stereocenters. The van der Waals surface area contributed by atoms with Crippen LogP contribution >= 0.6 is 0 Å². The molecule has 0 radical (unpaired) electrons. The van der Waals surface area contributed by atoms with Crippen molar-refractivity contribution in [2.75, 3.05) is 0 Å². The van der Waals surface area contributed by atoms with E-state index in [0.717, 1.165) is 12.0 Å². The van der Waals surface area contributed by atoms with Gasteiger partial charge in [0.05, 0.1) is 6.26 Å². The monoisotopic (exact) mass is 326 g/mol. The molecular weight excluding hydrogens is 304 g/mol. The molecule has 0 aliphatic carbocycles. The highest BCUT2D eigenvalue weighted by Gasteiger charge is 2.16. The minimum Gasteiger partial charge on any atom is -0.465 e. The van der Waals surface area contributed by atoms with Crippen LogP contribution in [0.5, 0.6) is 0 Å². The molecule has 24 heavy (non-hydrogen) atoms. The van der Waals surface area contributed by atoms with Gasteiger partial charge in [-0.25, -0.2) is 0 Å². The molecule has 1 atom stereocenters. The van der Waals surface area contributed by atoms with E-state index in [9.17, 15) is 9.59 Å². The number of hydrogen-bond donors (Lipinski definition) is 2. The predicted molar refractivity (Wildman–Crippen MR) is 93.2 cm³/mol. The standard InChI is InChI=1S/C19H22N2O3/c1-4-14(3)20-19(23)17(12-16-9-6-10-24-16)21-18(22)15-8-5-7-13(2)11-15/h5-12,14H,4H2,1-3H3,(H,20,23)(H,21,22)/b17-12-. The van der Waals surface area contributed by atoms with E-state index >= 15 is 0 Å². The Hall–Kier alpha value is -2.82. The van der Waals surface area contributed by atoms with Crippen LogP contribution in [0.25, 0.3) is 6.08 Å². The highest BCUT2D eigenvalue weighted by molar-refractivity contribution is 6.05. The molecule has 1 heterocycles. The van der Waals surface area contributed by atoms with Gasteiger partial charge in [0, 0.05) is 17.7 Å². The van der Waals surface area contributed by atoms with Crippen LogP contribution in [0.1, 0.15) is 41.9 Å². The largest absolute Gasteiger partial charge is 0.465 e. The fraction of sp³-hybridized carbons (Fsp3) is 0.263. The van der Waals surface area contributed by atoms with Crippen LogP contribution in [0, 0.1) is 6.92 Å². The third-order valence-electron chi connectivity index (χ3n) is 3.59. The van der Waals surface area contributed by atoms with E-state index in [1.807, 2.05) is 26.8 Å². The Morgan fingerprint density at radius 1 is 1.25 bits per heavy atom. The van der Waals surface area contributed by atoms with Crippen LogP contribution in [-0.4, -0.2) is 17.9 Å². The summed E-state index contributed by atoms with van der Waals surface area (Å²) in [5.41, 5.74) is 1.62. The highest BCUT2D eigenvalue weighted by Crippen LogP contribution is 2.09. The third kappa shape index (κ3) is 4.84. The Balaban J connectivity index is 2.22. The number of benzene rings is 1. The molecule has 0 spiro atoms. The second kappa shape index (κ2) is 8.15. The van der Waals surface area contributed by atoms with E-state index in [4.69, 9.17) is 4.42 Å². The molecule has 0 fully saturated rings. The summed E-state index contributed by atoms with van der Waals surface area (Å²) in [5, 5.41) is 5.52. The van der Waals surface area contributed by atoms with Crippen LogP contribution in [0.15, 0.2) is 52.8 Å². The summed E-state index contributed by atoms with van der Waals surface area (Å²) in [6.07, 6.45) is 3.83. The smallest absolute Gasteiger partial charge is 0.268 e. The van der Waals surface area contributed by atoms with Gasteiger partial charge in [-0.1, -0.05) is 24.6 Å². The summed E-state index contributed by atoms with van der Waals surface area (Å²) in [4.78, 5) is 24.9. The van der Waals surface area contributed by atoms with E-state index in [-0.39, 0.29) is 23.6 Å². The fourth-order valence-electron chi connectivity index (χ4n) is 2.06. The number of amides is 2. The SMILES string of the molecule is CCC(C)NC(=O)/C(=C/c1ccco1)NC(=O)c1cccc(C)c1.